The standard InChI is InChI=1S/C26H19BrO7/c1-3-32-26(30)24-22(15-8-10-16(27)11-9-15)23(28)18-13-12-17(14-21(18)34-24)33-25(29)19-6-4-5-7-20(19)31-2/h4-14H,3H2,1-2H3. The third kappa shape index (κ3) is 4.58. The molecule has 172 valence electrons. The number of hydrogen-bond acceptors (Lipinski definition) is 7. The molecule has 8 heteroatoms. The Morgan fingerprint density at radius 2 is 1.71 bits per heavy atom. The molecule has 0 saturated carbocycles. The van der Waals surface area contributed by atoms with Crippen LogP contribution in [-0.4, -0.2) is 25.7 Å². The number of methoxy groups -OCH3 is 1. The van der Waals surface area contributed by atoms with Crippen LogP contribution in [0.2, 0.25) is 0 Å². The van der Waals surface area contributed by atoms with Gasteiger partial charge in [-0.25, -0.2) is 9.59 Å². The van der Waals surface area contributed by atoms with Gasteiger partial charge in [0.05, 0.1) is 24.7 Å². The van der Waals surface area contributed by atoms with Crippen LogP contribution < -0.4 is 14.9 Å². The molecule has 7 nitrogen and oxygen atoms in total. The van der Waals surface area contributed by atoms with Crippen molar-refractivity contribution >= 4 is 38.8 Å². The van der Waals surface area contributed by atoms with Crippen molar-refractivity contribution in [3.63, 3.8) is 0 Å². The van der Waals surface area contributed by atoms with E-state index in [0.29, 0.717) is 11.3 Å². The molecule has 0 radical (unpaired) electrons. The van der Waals surface area contributed by atoms with Gasteiger partial charge in [0.15, 0.2) is 0 Å². The minimum absolute atomic E-state index is 0.0826. The van der Waals surface area contributed by atoms with Crippen molar-refractivity contribution in [1.82, 2.24) is 0 Å². The van der Waals surface area contributed by atoms with Gasteiger partial charge in [0.1, 0.15) is 22.6 Å². The molecular weight excluding hydrogens is 504 g/mol. The highest BCUT2D eigenvalue weighted by Gasteiger charge is 2.24. The lowest BCUT2D eigenvalue weighted by Gasteiger charge is -2.11. The summed E-state index contributed by atoms with van der Waals surface area (Å²) in [6.07, 6.45) is 0. The summed E-state index contributed by atoms with van der Waals surface area (Å²) in [5.41, 5.74) is 0.517. The molecule has 3 aromatic carbocycles. The van der Waals surface area contributed by atoms with Gasteiger partial charge in [-0.3, -0.25) is 4.79 Å². The first-order valence-electron chi connectivity index (χ1n) is 10.3. The number of ether oxygens (including phenoxy) is 3. The van der Waals surface area contributed by atoms with Crippen LogP contribution in [-0.2, 0) is 4.74 Å². The third-order valence-electron chi connectivity index (χ3n) is 5.00. The van der Waals surface area contributed by atoms with E-state index in [4.69, 9.17) is 18.6 Å². The molecule has 0 unspecified atom stereocenters. The molecule has 0 amide bonds. The summed E-state index contributed by atoms with van der Waals surface area (Å²) in [5, 5.41) is 0.225. The molecule has 0 aliphatic heterocycles. The average molecular weight is 523 g/mol. The summed E-state index contributed by atoms with van der Waals surface area (Å²) in [5.74, 6) is -1.14. The molecule has 0 N–H and O–H groups in total. The highest BCUT2D eigenvalue weighted by atomic mass is 79.9. The van der Waals surface area contributed by atoms with Crippen LogP contribution >= 0.6 is 15.9 Å². The molecular formula is C26H19BrO7. The van der Waals surface area contributed by atoms with Gasteiger partial charge in [0.25, 0.3) is 0 Å². The molecule has 0 aliphatic carbocycles. The molecule has 1 aromatic heterocycles. The van der Waals surface area contributed by atoms with Crippen LogP contribution in [0, 0.1) is 0 Å². The van der Waals surface area contributed by atoms with Crippen LogP contribution in [0.25, 0.3) is 22.1 Å². The summed E-state index contributed by atoms with van der Waals surface area (Å²) in [4.78, 5) is 38.7. The van der Waals surface area contributed by atoms with E-state index in [1.54, 1.807) is 55.5 Å². The second-order valence-electron chi connectivity index (χ2n) is 7.11. The lowest BCUT2D eigenvalue weighted by molar-refractivity contribution is 0.0491. The van der Waals surface area contributed by atoms with Crippen LogP contribution in [0.3, 0.4) is 0 Å². The summed E-state index contributed by atoms with van der Waals surface area (Å²) in [7, 11) is 1.46. The molecule has 1 heterocycles. The van der Waals surface area contributed by atoms with E-state index >= 15 is 0 Å². The van der Waals surface area contributed by atoms with Crippen molar-refractivity contribution in [1.29, 1.82) is 0 Å². The van der Waals surface area contributed by atoms with Crippen molar-refractivity contribution in [3.05, 3.63) is 92.7 Å². The predicted molar refractivity (Wildman–Crippen MR) is 130 cm³/mol. The maximum Gasteiger partial charge on any atom is 0.375 e. The van der Waals surface area contributed by atoms with Gasteiger partial charge in [0, 0.05) is 10.5 Å². The first-order chi connectivity index (χ1) is 16.4. The first kappa shape index (κ1) is 23.3. The normalized spacial score (nSPS) is 10.7. The van der Waals surface area contributed by atoms with Crippen LogP contribution in [0.4, 0.5) is 0 Å². The smallest absolute Gasteiger partial charge is 0.375 e. The highest BCUT2D eigenvalue weighted by molar-refractivity contribution is 9.10. The van der Waals surface area contributed by atoms with Crippen LogP contribution in [0.15, 0.2) is 80.4 Å². The minimum atomic E-state index is -0.768. The number of carbonyl (C=O) groups excluding carboxylic acids is 2. The number of benzene rings is 3. The number of fused-ring (bicyclic) bond motifs is 1. The Morgan fingerprint density at radius 1 is 0.971 bits per heavy atom. The summed E-state index contributed by atoms with van der Waals surface area (Å²) < 4.78 is 22.4. The molecule has 0 spiro atoms. The van der Waals surface area contributed by atoms with E-state index in [2.05, 4.69) is 15.9 Å². The second kappa shape index (κ2) is 9.93. The largest absolute Gasteiger partial charge is 0.496 e. The highest BCUT2D eigenvalue weighted by Crippen LogP contribution is 2.29. The predicted octanol–water partition coefficient (Wildman–Crippen LogP) is 5.63. The van der Waals surface area contributed by atoms with E-state index in [1.165, 1.54) is 25.3 Å². The monoisotopic (exact) mass is 522 g/mol. The molecule has 0 saturated heterocycles. The summed E-state index contributed by atoms with van der Waals surface area (Å²) in [6, 6.07) is 17.9. The van der Waals surface area contributed by atoms with Crippen LogP contribution in [0.5, 0.6) is 11.5 Å². The van der Waals surface area contributed by atoms with Crippen molar-refractivity contribution in [3.8, 4) is 22.6 Å². The third-order valence-corrected chi connectivity index (χ3v) is 5.52. The van der Waals surface area contributed by atoms with Crippen molar-refractivity contribution in [2.45, 2.75) is 6.92 Å². The fourth-order valence-corrected chi connectivity index (χ4v) is 3.70. The van der Waals surface area contributed by atoms with Gasteiger partial charge in [-0.1, -0.05) is 40.2 Å². The molecule has 4 aromatic rings. The number of halogens is 1. The zero-order valence-electron chi connectivity index (χ0n) is 18.3. The zero-order chi connectivity index (χ0) is 24.2. The van der Waals surface area contributed by atoms with Gasteiger partial charge in [-0.2, -0.15) is 0 Å². The molecule has 34 heavy (non-hydrogen) atoms. The quantitative estimate of drug-likeness (QED) is 0.239. The Balaban J connectivity index is 1.81. The summed E-state index contributed by atoms with van der Waals surface area (Å²) in [6.45, 7) is 1.77. The Bertz CT molecular complexity index is 1440. The maximum absolute atomic E-state index is 13.4. The van der Waals surface area contributed by atoms with Crippen LogP contribution in [0.1, 0.15) is 27.8 Å². The van der Waals surface area contributed by atoms with Crippen molar-refractivity contribution < 1.29 is 28.2 Å². The van der Waals surface area contributed by atoms with Gasteiger partial charge >= 0.3 is 11.9 Å². The van der Waals surface area contributed by atoms with Gasteiger partial charge < -0.3 is 18.6 Å². The van der Waals surface area contributed by atoms with E-state index < -0.39 is 17.4 Å². The van der Waals surface area contributed by atoms with Gasteiger partial charge in [-0.15, -0.1) is 0 Å². The lowest BCUT2D eigenvalue weighted by Crippen LogP contribution is -2.15. The Morgan fingerprint density at radius 3 is 2.41 bits per heavy atom. The first-order valence-corrected chi connectivity index (χ1v) is 11.1. The minimum Gasteiger partial charge on any atom is -0.496 e. The molecule has 4 rings (SSSR count). The number of carbonyl (C=O) groups is 2. The SMILES string of the molecule is CCOC(=O)c1oc2cc(OC(=O)c3ccccc3OC)ccc2c(=O)c1-c1ccc(Br)cc1. The van der Waals surface area contributed by atoms with Crippen molar-refractivity contribution in [2.24, 2.45) is 0 Å². The van der Waals surface area contributed by atoms with Gasteiger partial charge in [0.2, 0.25) is 11.2 Å². The van der Waals surface area contributed by atoms with E-state index in [-0.39, 0.29) is 40.2 Å². The fourth-order valence-electron chi connectivity index (χ4n) is 3.43. The topological polar surface area (TPSA) is 92.0 Å². The van der Waals surface area contributed by atoms with E-state index in [0.717, 1.165) is 4.47 Å². The molecule has 0 bridgehead atoms. The zero-order valence-corrected chi connectivity index (χ0v) is 19.9. The van der Waals surface area contributed by atoms with Crippen molar-refractivity contribution in [2.75, 3.05) is 13.7 Å². The maximum atomic E-state index is 13.4. The molecule has 0 fully saturated rings. The Kier molecular flexibility index (Phi) is 6.79. The number of hydrogen-bond donors (Lipinski definition) is 0. The number of para-hydroxylation sites is 1. The molecule has 0 aliphatic rings. The average Bonchev–Trinajstić information content (AvgIpc) is 2.84. The van der Waals surface area contributed by atoms with E-state index in [9.17, 15) is 14.4 Å². The lowest BCUT2D eigenvalue weighted by atomic mass is 10.0. The Labute approximate surface area is 203 Å². The van der Waals surface area contributed by atoms with Gasteiger partial charge in [-0.05, 0) is 48.9 Å². The second-order valence-corrected chi connectivity index (χ2v) is 8.03. The Hall–Kier alpha value is -3.91. The fraction of sp³-hybridized carbons (Fsp3) is 0.115. The number of rotatable bonds is 6. The summed E-state index contributed by atoms with van der Waals surface area (Å²) >= 11 is 3.36. The van der Waals surface area contributed by atoms with E-state index in [1.807, 2.05) is 0 Å². The molecule has 0 atom stereocenters. The number of esters is 2.